The number of hydrogen-bond donors (Lipinski definition) is 3. The van der Waals surface area contributed by atoms with E-state index in [4.69, 9.17) is 16.3 Å². The highest BCUT2D eigenvalue weighted by molar-refractivity contribution is 6.34. The SMILES string of the molecule is COc1cc(C(=O)NCC(O)(c2cc(C(C)(C)O)c(Cl)c(-c3ccc(F)cc3)n2)C(F)(F)F)cc2cc(C)cnc12. The first-order valence-corrected chi connectivity index (χ1v) is 12.6. The van der Waals surface area contributed by atoms with E-state index in [9.17, 15) is 32.6 Å². The van der Waals surface area contributed by atoms with Crippen LogP contribution in [-0.4, -0.2) is 45.9 Å². The minimum atomic E-state index is -5.33. The van der Waals surface area contributed by atoms with Gasteiger partial charge in [0.15, 0.2) is 0 Å². The molecule has 7 nitrogen and oxygen atoms in total. The molecule has 2 heterocycles. The fourth-order valence-electron chi connectivity index (χ4n) is 4.24. The summed E-state index contributed by atoms with van der Waals surface area (Å²) in [6.07, 6.45) is -3.73. The molecule has 12 heteroatoms. The second-order valence-corrected chi connectivity index (χ2v) is 10.5. The van der Waals surface area contributed by atoms with Crippen molar-refractivity contribution in [1.82, 2.24) is 15.3 Å². The number of fused-ring (bicyclic) bond motifs is 1. The van der Waals surface area contributed by atoms with Gasteiger partial charge in [0.05, 0.1) is 35.7 Å². The number of halogens is 5. The third-order valence-corrected chi connectivity index (χ3v) is 6.88. The van der Waals surface area contributed by atoms with E-state index in [1.54, 1.807) is 19.2 Å². The van der Waals surface area contributed by atoms with Crippen molar-refractivity contribution in [3.05, 3.63) is 88.0 Å². The number of amides is 1. The van der Waals surface area contributed by atoms with Crippen LogP contribution >= 0.6 is 11.6 Å². The smallest absolute Gasteiger partial charge is 0.424 e. The Labute approximate surface area is 237 Å². The molecule has 0 aliphatic rings. The quantitative estimate of drug-likeness (QED) is 0.234. The van der Waals surface area contributed by atoms with Crippen molar-refractivity contribution in [3.8, 4) is 17.0 Å². The lowest BCUT2D eigenvalue weighted by atomic mass is 9.90. The first-order valence-electron chi connectivity index (χ1n) is 12.3. The molecule has 1 unspecified atom stereocenters. The summed E-state index contributed by atoms with van der Waals surface area (Å²) in [5.74, 6) is -1.30. The van der Waals surface area contributed by atoms with Gasteiger partial charge in [-0.2, -0.15) is 13.2 Å². The first-order chi connectivity index (χ1) is 19.0. The van der Waals surface area contributed by atoms with Crippen LogP contribution in [0.3, 0.4) is 0 Å². The van der Waals surface area contributed by atoms with Crippen molar-refractivity contribution in [1.29, 1.82) is 0 Å². The molecule has 0 aliphatic carbocycles. The van der Waals surface area contributed by atoms with Gasteiger partial charge in [0.25, 0.3) is 5.91 Å². The number of methoxy groups -OCH3 is 1. The number of ether oxygens (including phenoxy) is 1. The molecule has 0 fully saturated rings. The van der Waals surface area contributed by atoms with E-state index in [0.717, 1.165) is 23.8 Å². The van der Waals surface area contributed by atoms with Gasteiger partial charge in [-0.05, 0) is 74.9 Å². The van der Waals surface area contributed by atoms with Gasteiger partial charge < -0.3 is 20.3 Å². The molecule has 0 radical (unpaired) electrons. The highest BCUT2D eigenvalue weighted by Gasteiger charge is 2.57. The Bertz CT molecular complexity index is 1620. The first kappa shape index (κ1) is 30.2. The number of carbonyl (C=O) groups excluding carboxylic acids is 1. The van der Waals surface area contributed by atoms with Gasteiger partial charge in [-0.15, -0.1) is 0 Å². The molecular formula is C29H26ClF4N3O4. The van der Waals surface area contributed by atoms with Crippen LogP contribution in [0.25, 0.3) is 22.2 Å². The van der Waals surface area contributed by atoms with E-state index in [1.807, 2.05) is 0 Å². The molecule has 2 aromatic heterocycles. The zero-order valence-corrected chi connectivity index (χ0v) is 23.2. The van der Waals surface area contributed by atoms with Crippen molar-refractivity contribution in [2.75, 3.05) is 13.7 Å². The van der Waals surface area contributed by atoms with Crippen LogP contribution in [0.1, 0.15) is 41.0 Å². The van der Waals surface area contributed by atoms with Gasteiger partial charge >= 0.3 is 6.18 Å². The molecule has 0 saturated heterocycles. The van der Waals surface area contributed by atoms with E-state index in [1.165, 1.54) is 45.2 Å². The maximum Gasteiger partial charge on any atom is 0.424 e. The van der Waals surface area contributed by atoms with Crippen molar-refractivity contribution < 1.29 is 37.3 Å². The molecule has 4 rings (SSSR count). The molecule has 0 aliphatic heterocycles. The fraction of sp³-hybridized carbons (Fsp3) is 0.276. The number of rotatable bonds is 7. The minimum Gasteiger partial charge on any atom is -0.494 e. The van der Waals surface area contributed by atoms with Gasteiger partial charge in [0.2, 0.25) is 5.60 Å². The number of nitrogens with one attached hydrogen (secondary N) is 1. The fourth-order valence-corrected chi connectivity index (χ4v) is 4.68. The Morgan fingerprint density at radius 2 is 1.73 bits per heavy atom. The highest BCUT2D eigenvalue weighted by Crippen LogP contribution is 2.43. The number of alkyl halides is 3. The van der Waals surface area contributed by atoms with E-state index in [2.05, 4.69) is 15.3 Å². The topological polar surface area (TPSA) is 105 Å². The molecule has 0 bridgehead atoms. The molecule has 1 atom stereocenters. The summed E-state index contributed by atoms with van der Waals surface area (Å²) in [7, 11) is 1.37. The molecule has 1 amide bonds. The van der Waals surface area contributed by atoms with Gasteiger partial charge in [-0.25, -0.2) is 9.37 Å². The van der Waals surface area contributed by atoms with Gasteiger partial charge in [-0.3, -0.25) is 9.78 Å². The number of aromatic nitrogens is 2. The van der Waals surface area contributed by atoms with E-state index >= 15 is 0 Å². The third kappa shape index (κ3) is 5.97. The van der Waals surface area contributed by atoms with E-state index < -0.39 is 41.3 Å². The van der Waals surface area contributed by atoms with Crippen LogP contribution in [0.4, 0.5) is 17.6 Å². The molecule has 0 saturated carbocycles. The zero-order valence-electron chi connectivity index (χ0n) is 22.4. The normalized spacial score (nSPS) is 13.6. The predicted molar refractivity (Wildman–Crippen MR) is 145 cm³/mol. The van der Waals surface area contributed by atoms with Crippen LogP contribution in [-0.2, 0) is 11.2 Å². The van der Waals surface area contributed by atoms with Crippen molar-refractivity contribution in [2.45, 2.75) is 38.1 Å². The molecule has 4 aromatic rings. The standard InChI is InChI=1S/C29H26ClF4N3O4/c1-15-9-17-10-18(11-21(41-4)24(17)35-13-15)26(38)36-14-28(40,29(32,33)34)22-12-20(27(2,3)39)23(30)25(37-22)16-5-7-19(31)8-6-16/h5-13,39-40H,14H2,1-4H3,(H,36,38). The molecule has 0 spiro atoms. The highest BCUT2D eigenvalue weighted by atomic mass is 35.5. The van der Waals surface area contributed by atoms with Crippen LogP contribution in [0.5, 0.6) is 5.75 Å². The summed E-state index contributed by atoms with van der Waals surface area (Å²) < 4.78 is 62.4. The monoisotopic (exact) mass is 591 g/mol. The van der Waals surface area contributed by atoms with Gasteiger partial charge in [0.1, 0.15) is 17.1 Å². The van der Waals surface area contributed by atoms with Gasteiger partial charge in [-0.1, -0.05) is 11.6 Å². The number of aliphatic hydroxyl groups is 2. The Morgan fingerprint density at radius 1 is 1.07 bits per heavy atom. The lowest BCUT2D eigenvalue weighted by molar-refractivity contribution is -0.265. The second-order valence-electron chi connectivity index (χ2n) is 10.1. The number of carbonyl (C=O) groups is 1. The van der Waals surface area contributed by atoms with Crippen LogP contribution < -0.4 is 10.1 Å². The van der Waals surface area contributed by atoms with Crippen LogP contribution in [0, 0.1) is 12.7 Å². The number of aryl methyl sites for hydroxylation is 1. The Balaban J connectivity index is 1.79. The molecule has 216 valence electrons. The van der Waals surface area contributed by atoms with Crippen molar-refractivity contribution in [2.24, 2.45) is 0 Å². The summed E-state index contributed by atoms with van der Waals surface area (Å²) >= 11 is 6.43. The molecule has 41 heavy (non-hydrogen) atoms. The lowest BCUT2D eigenvalue weighted by Gasteiger charge is -2.32. The summed E-state index contributed by atoms with van der Waals surface area (Å²) in [6.45, 7) is 3.05. The number of benzene rings is 2. The third-order valence-electron chi connectivity index (χ3n) is 6.50. The maximum atomic E-state index is 14.5. The molecule has 2 aromatic carbocycles. The average Bonchev–Trinajstić information content (AvgIpc) is 2.90. The van der Waals surface area contributed by atoms with Crippen molar-refractivity contribution in [3.63, 3.8) is 0 Å². The number of pyridine rings is 2. The summed E-state index contributed by atoms with van der Waals surface area (Å²) in [4.78, 5) is 21.3. The van der Waals surface area contributed by atoms with Crippen LogP contribution in [0.15, 0.2) is 54.7 Å². The maximum absolute atomic E-state index is 14.5. The number of hydrogen-bond acceptors (Lipinski definition) is 6. The summed E-state index contributed by atoms with van der Waals surface area (Å²) in [6, 6.07) is 9.97. The Hall–Kier alpha value is -3.80. The summed E-state index contributed by atoms with van der Waals surface area (Å²) in [5, 5.41) is 24.3. The lowest BCUT2D eigenvalue weighted by Crippen LogP contribution is -2.51. The molecular weight excluding hydrogens is 566 g/mol. The average molecular weight is 592 g/mol. The minimum absolute atomic E-state index is 0.0282. The molecule has 3 N–H and O–H groups in total. The Kier molecular flexibility index (Phi) is 8.01. The van der Waals surface area contributed by atoms with Gasteiger partial charge in [0, 0.05) is 28.3 Å². The zero-order chi connectivity index (χ0) is 30.3. The van der Waals surface area contributed by atoms with E-state index in [0.29, 0.717) is 10.9 Å². The predicted octanol–water partition coefficient (Wildman–Crippen LogP) is 5.81. The van der Waals surface area contributed by atoms with Crippen LogP contribution in [0.2, 0.25) is 5.02 Å². The van der Waals surface area contributed by atoms with E-state index in [-0.39, 0.29) is 33.2 Å². The second kappa shape index (κ2) is 10.9. The van der Waals surface area contributed by atoms with Crippen molar-refractivity contribution >= 4 is 28.4 Å². The number of nitrogens with zero attached hydrogens (tertiary/aromatic N) is 2. The Morgan fingerprint density at radius 3 is 2.32 bits per heavy atom. The summed E-state index contributed by atoms with van der Waals surface area (Å²) in [5.41, 5.74) is -5.42. The largest absolute Gasteiger partial charge is 0.494 e.